The second kappa shape index (κ2) is 10.6. The van der Waals surface area contributed by atoms with Crippen LogP contribution in [0.5, 0.6) is 0 Å². The van der Waals surface area contributed by atoms with Crippen LogP contribution in [0.4, 0.5) is 0 Å². The highest BCUT2D eigenvalue weighted by Crippen LogP contribution is 2.13. The van der Waals surface area contributed by atoms with Gasteiger partial charge in [-0.2, -0.15) is 10.5 Å². The van der Waals surface area contributed by atoms with E-state index in [1.54, 1.807) is 18.2 Å². The average Bonchev–Trinajstić information content (AvgIpc) is 3.14. The van der Waals surface area contributed by atoms with Crippen molar-refractivity contribution < 1.29 is 0 Å². The van der Waals surface area contributed by atoms with E-state index in [0.717, 1.165) is 23.0 Å². The predicted molar refractivity (Wildman–Crippen MR) is 124 cm³/mol. The third kappa shape index (κ3) is 5.25. The van der Waals surface area contributed by atoms with E-state index in [0.29, 0.717) is 18.0 Å². The van der Waals surface area contributed by atoms with Gasteiger partial charge in [0.1, 0.15) is 5.84 Å². The number of aromatic amines is 1. The molecular formula is C20H24Cl2N8O2. The minimum Gasteiger partial charge on any atom is -0.323 e. The van der Waals surface area contributed by atoms with Crippen LogP contribution >= 0.6 is 23.2 Å². The van der Waals surface area contributed by atoms with Crippen LogP contribution in [0.25, 0.3) is 11.2 Å². The maximum Gasteiger partial charge on any atom is 0.332 e. The van der Waals surface area contributed by atoms with Gasteiger partial charge in [-0.05, 0) is 42.1 Å². The Morgan fingerprint density at radius 2 is 1.97 bits per heavy atom. The zero-order valence-corrected chi connectivity index (χ0v) is 19.1. The highest BCUT2D eigenvalue weighted by Gasteiger charge is 2.17. The van der Waals surface area contributed by atoms with Gasteiger partial charge in [0, 0.05) is 31.1 Å². The van der Waals surface area contributed by atoms with E-state index >= 15 is 0 Å². The third-order valence-corrected chi connectivity index (χ3v) is 5.43. The molecule has 0 aliphatic carbocycles. The summed E-state index contributed by atoms with van der Waals surface area (Å²) in [6.07, 6.45) is 2.21. The average molecular weight is 479 g/mol. The Morgan fingerprint density at radius 3 is 2.66 bits per heavy atom. The molecule has 0 bridgehead atoms. The van der Waals surface area contributed by atoms with Crippen molar-refractivity contribution in [2.45, 2.75) is 45.7 Å². The van der Waals surface area contributed by atoms with Crippen molar-refractivity contribution in [3.63, 3.8) is 0 Å². The molecule has 0 fully saturated rings. The van der Waals surface area contributed by atoms with E-state index in [2.05, 4.69) is 15.2 Å². The summed E-state index contributed by atoms with van der Waals surface area (Å²) in [5.41, 5.74) is 7.71. The molecule has 0 aliphatic heterocycles. The fourth-order valence-electron chi connectivity index (χ4n) is 3.41. The summed E-state index contributed by atoms with van der Waals surface area (Å²) in [5, 5.41) is 13.5. The van der Waals surface area contributed by atoms with Gasteiger partial charge in [-0.1, -0.05) is 42.3 Å². The number of H-pyrrole nitrogens is 1. The van der Waals surface area contributed by atoms with Gasteiger partial charge in [0.15, 0.2) is 11.2 Å². The molecule has 2 heterocycles. The summed E-state index contributed by atoms with van der Waals surface area (Å²) in [6.45, 7) is 2.73. The predicted octanol–water partition coefficient (Wildman–Crippen LogP) is 3.85. The highest BCUT2D eigenvalue weighted by atomic mass is 35.5. The molecule has 10 nitrogen and oxygen atoms in total. The highest BCUT2D eigenvalue weighted by molar-refractivity contribution is 6.30. The van der Waals surface area contributed by atoms with Crippen molar-refractivity contribution in [1.82, 2.24) is 24.1 Å². The Morgan fingerprint density at radius 1 is 1.22 bits per heavy atom. The lowest BCUT2D eigenvalue weighted by Crippen LogP contribution is -2.41. The monoisotopic (exact) mass is 478 g/mol. The molecular weight excluding hydrogens is 455 g/mol. The molecule has 0 unspecified atom stereocenters. The SMILES string of the molecule is CCCCn1c(=O)n(CCCN(N=N)C(=N)Cc2cccc(Cl)c2)c(=O)c2[nH]c(Cl)nc21. The number of rotatable bonds is 10. The molecule has 1 aromatic carbocycles. The quantitative estimate of drug-likeness (QED) is 0.134. The van der Waals surface area contributed by atoms with Crippen LogP contribution in [0, 0.1) is 10.9 Å². The maximum atomic E-state index is 13.0. The summed E-state index contributed by atoms with van der Waals surface area (Å²) in [5.74, 6) is 0.116. The van der Waals surface area contributed by atoms with E-state index in [-0.39, 0.29) is 41.8 Å². The Bertz CT molecular complexity index is 1250. The molecule has 0 spiro atoms. The van der Waals surface area contributed by atoms with Gasteiger partial charge < -0.3 is 4.98 Å². The fraction of sp³-hybridized carbons (Fsp3) is 0.400. The smallest absolute Gasteiger partial charge is 0.323 e. The number of hydrogen-bond acceptors (Lipinski definition) is 6. The summed E-state index contributed by atoms with van der Waals surface area (Å²) < 4.78 is 2.59. The van der Waals surface area contributed by atoms with Crippen molar-refractivity contribution in [1.29, 1.82) is 10.9 Å². The minimum atomic E-state index is -0.500. The number of hydrogen-bond donors (Lipinski definition) is 3. The molecule has 170 valence electrons. The molecule has 0 radical (unpaired) electrons. The number of fused-ring (bicyclic) bond motifs is 1. The normalized spacial score (nSPS) is 11.1. The van der Waals surface area contributed by atoms with Crippen LogP contribution in [-0.4, -0.2) is 36.5 Å². The zero-order chi connectivity index (χ0) is 23.3. The van der Waals surface area contributed by atoms with Gasteiger partial charge in [-0.15, -0.1) is 0 Å². The number of nitrogens with zero attached hydrogens (tertiary/aromatic N) is 5. The van der Waals surface area contributed by atoms with Gasteiger partial charge in [0.2, 0.25) is 5.28 Å². The molecule has 0 aliphatic rings. The van der Waals surface area contributed by atoms with E-state index in [9.17, 15) is 9.59 Å². The van der Waals surface area contributed by atoms with Crippen molar-refractivity contribution >= 4 is 40.2 Å². The lowest BCUT2D eigenvalue weighted by atomic mass is 10.1. The van der Waals surface area contributed by atoms with Crippen LogP contribution < -0.4 is 11.2 Å². The van der Waals surface area contributed by atoms with E-state index in [4.69, 9.17) is 34.1 Å². The number of benzene rings is 1. The second-order valence-electron chi connectivity index (χ2n) is 7.30. The summed E-state index contributed by atoms with van der Waals surface area (Å²) in [6, 6.07) is 7.13. The lowest BCUT2D eigenvalue weighted by molar-refractivity contribution is 0.371. The van der Waals surface area contributed by atoms with E-state index < -0.39 is 11.2 Å². The standard InChI is InChI=1S/C20H24Cl2N8O2/c1-2-3-8-28-17-16(25-19(22)26-17)18(31)29(20(28)32)9-5-10-30(27-24)15(23)12-13-6-4-7-14(21)11-13/h4,6-7,11,23-24H,2-3,5,8-10,12H2,1H3,(H,25,26). The topological polar surface area (TPSA) is 136 Å². The first-order valence-corrected chi connectivity index (χ1v) is 11.0. The summed E-state index contributed by atoms with van der Waals surface area (Å²) >= 11 is 11.9. The first-order valence-electron chi connectivity index (χ1n) is 10.2. The van der Waals surface area contributed by atoms with Crippen LogP contribution in [0.3, 0.4) is 0 Å². The van der Waals surface area contributed by atoms with E-state index in [1.807, 2.05) is 13.0 Å². The van der Waals surface area contributed by atoms with E-state index in [1.165, 1.54) is 9.58 Å². The van der Waals surface area contributed by atoms with Crippen molar-refractivity contribution in [2.24, 2.45) is 5.22 Å². The summed E-state index contributed by atoms with van der Waals surface area (Å²) in [7, 11) is 0. The Hall–Kier alpha value is -2.98. The van der Waals surface area contributed by atoms with Crippen LogP contribution in [-0.2, 0) is 19.5 Å². The Balaban J connectivity index is 1.76. The molecule has 3 aromatic rings. The number of amidine groups is 1. The number of aromatic nitrogens is 4. The first kappa shape index (κ1) is 23.7. The summed E-state index contributed by atoms with van der Waals surface area (Å²) in [4.78, 5) is 32.6. The molecule has 0 saturated heterocycles. The Labute approximate surface area is 193 Å². The number of imidazole rings is 1. The van der Waals surface area contributed by atoms with Gasteiger partial charge in [0.05, 0.1) is 0 Å². The van der Waals surface area contributed by atoms with Crippen molar-refractivity contribution in [3.8, 4) is 0 Å². The van der Waals surface area contributed by atoms with Gasteiger partial charge in [0.25, 0.3) is 5.56 Å². The molecule has 3 rings (SSSR count). The molecule has 0 saturated carbocycles. The van der Waals surface area contributed by atoms with Crippen LogP contribution in [0.2, 0.25) is 10.3 Å². The van der Waals surface area contributed by atoms with Crippen LogP contribution in [0.15, 0.2) is 39.1 Å². The Kier molecular flexibility index (Phi) is 7.81. The number of nitrogens with one attached hydrogen (secondary N) is 3. The van der Waals surface area contributed by atoms with Crippen molar-refractivity contribution in [3.05, 3.63) is 61.0 Å². The van der Waals surface area contributed by atoms with Gasteiger partial charge in [-0.3, -0.25) is 19.3 Å². The number of unbranched alkanes of at least 4 members (excludes halogenated alkanes) is 1. The van der Waals surface area contributed by atoms with Gasteiger partial charge >= 0.3 is 5.69 Å². The second-order valence-corrected chi connectivity index (χ2v) is 8.10. The van der Waals surface area contributed by atoms with Crippen molar-refractivity contribution in [2.75, 3.05) is 6.54 Å². The zero-order valence-electron chi connectivity index (χ0n) is 17.6. The lowest BCUT2D eigenvalue weighted by Gasteiger charge is -2.18. The largest absolute Gasteiger partial charge is 0.332 e. The molecule has 32 heavy (non-hydrogen) atoms. The third-order valence-electron chi connectivity index (χ3n) is 5.01. The fourth-order valence-corrected chi connectivity index (χ4v) is 3.80. The van der Waals surface area contributed by atoms with Gasteiger partial charge in [-0.25, -0.2) is 9.80 Å². The number of aryl methyl sites for hydroxylation is 1. The first-order chi connectivity index (χ1) is 15.3. The molecule has 3 N–H and O–H groups in total. The maximum absolute atomic E-state index is 13.0. The molecule has 2 aromatic heterocycles. The van der Waals surface area contributed by atoms with Crippen LogP contribution in [0.1, 0.15) is 31.7 Å². The molecule has 0 amide bonds. The number of halogens is 2. The molecule has 12 heteroatoms. The molecule has 0 atom stereocenters. The minimum absolute atomic E-state index is 0.0492.